The molecule has 1 saturated heterocycles. The summed E-state index contributed by atoms with van der Waals surface area (Å²) in [5.74, 6) is 0.339. The molecule has 1 aliphatic heterocycles. The summed E-state index contributed by atoms with van der Waals surface area (Å²) in [6, 6.07) is 14.4. The summed E-state index contributed by atoms with van der Waals surface area (Å²) in [6.07, 6.45) is 1.65. The number of hydrogen-bond donors (Lipinski definition) is 1. The first-order valence-corrected chi connectivity index (χ1v) is 12.2. The van der Waals surface area contributed by atoms with Gasteiger partial charge >= 0.3 is 0 Å². The Balaban J connectivity index is 1.52. The molecule has 3 aromatic carbocycles. The molecule has 8 nitrogen and oxygen atoms in total. The fourth-order valence-electron chi connectivity index (χ4n) is 3.15. The molecule has 1 amide bonds. The predicted molar refractivity (Wildman–Crippen MR) is 143 cm³/mol. The molecule has 4 rings (SSSR count). The number of benzene rings is 3. The van der Waals surface area contributed by atoms with E-state index in [4.69, 9.17) is 44.3 Å². The summed E-state index contributed by atoms with van der Waals surface area (Å²) in [6.45, 7) is 0.124. The lowest BCUT2D eigenvalue weighted by atomic mass is 10.1. The monoisotopic (exact) mass is 563 g/mol. The Bertz CT molecular complexity index is 1410. The fraction of sp³-hybridized carbons (Fsp3) is 0.0833. The quantitative estimate of drug-likeness (QED) is 0.188. The lowest BCUT2D eigenvalue weighted by Gasteiger charge is -2.13. The number of carbonyl (C=O) groups excluding carboxylic acids is 1. The number of hydrogen-bond acceptors (Lipinski definition) is 7. The minimum absolute atomic E-state index is 0.00978. The van der Waals surface area contributed by atoms with E-state index >= 15 is 0 Å². The summed E-state index contributed by atoms with van der Waals surface area (Å²) in [5, 5.41) is 14.8. The van der Waals surface area contributed by atoms with E-state index in [0.29, 0.717) is 42.9 Å². The molecule has 184 valence electrons. The Hall–Kier alpha value is -3.24. The van der Waals surface area contributed by atoms with Crippen LogP contribution in [-0.2, 0) is 11.4 Å². The lowest BCUT2D eigenvalue weighted by molar-refractivity contribution is -0.384. The van der Waals surface area contributed by atoms with E-state index in [2.05, 4.69) is 10.3 Å². The molecule has 36 heavy (non-hydrogen) atoms. The van der Waals surface area contributed by atoms with Crippen LogP contribution >= 0.6 is 46.6 Å². The van der Waals surface area contributed by atoms with Gasteiger partial charge in [0.05, 0.1) is 37.7 Å². The van der Waals surface area contributed by atoms with Gasteiger partial charge in [0, 0.05) is 12.1 Å². The number of amides is 1. The van der Waals surface area contributed by atoms with Crippen LogP contribution in [-0.4, -0.2) is 23.1 Å². The minimum Gasteiger partial charge on any atom is -0.493 e. The van der Waals surface area contributed by atoms with E-state index in [1.807, 2.05) is 0 Å². The molecule has 12 heteroatoms. The van der Waals surface area contributed by atoms with Crippen LogP contribution in [0.5, 0.6) is 11.5 Å². The van der Waals surface area contributed by atoms with Gasteiger partial charge in [0.2, 0.25) is 0 Å². The molecule has 1 aliphatic rings. The lowest BCUT2D eigenvalue weighted by Crippen LogP contribution is -2.19. The van der Waals surface area contributed by atoms with Gasteiger partial charge < -0.3 is 14.8 Å². The number of nitro benzene ring substituents is 1. The van der Waals surface area contributed by atoms with Crippen LogP contribution in [0.25, 0.3) is 6.08 Å². The Morgan fingerprint density at radius 2 is 1.86 bits per heavy atom. The van der Waals surface area contributed by atoms with Gasteiger partial charge in [-0.2, -0.15) is 0 Å². The maximum Gasteiger partial charge on any atom is 0.269 e. The molecule has 3 aromatic rings. The van der Waals surface area contributed by atoms with E-state index in [1.165, 1.54) is 19.2 Å². The zero-order chi connectivity index (χ0) is 25.8. The molecule has 0 bridgehead atoms. The highest BCUT2D eigenvalue weighted by atomic mass is 35.5. The molecule has 0 atom stereocenters. The Morgan fingerprint density at radius 3 is 2.56 bits per heavy atom. The number of rotatable bonds is 7. The number of amidine groups is 1. The second kappa shape index (κ2) is 11.2. The highest BCUT2D eigenvalue weighted by Crippen LogP contribution is 2.39. The summed E-state index contributed by atoms with van der Waals surface area (Å²) in [7, 11) is 1.47. The number of nitrogens with one attached hydrogen (secondary N) is 1. The smallest absolute Gasteiger partial charge is 0.269 e. The van der Waals surface area contributed by atoms with Gasteiger partial charge in [0.1, 0.15) is 6.61 Å². The van der Waals surface area contributed by atoms with Crippen molar-refractivity contribution in [3.05, 3.63) is 95.8 Å². The zero-order valence-electron chi connectivity index (χ0n) is 18.5. The van der Waals surface area contributed by atoms with Gasteiger partial charge in [-0.1, -0.05) is 40.9 Å². The molecule has 0 aromatic heterocycles. The number of aliphatic imine (C=N–C) groups is 1. The van der Waals surface area contributed by atoms with Crippen LogP contribution < -0.4 is 14.8 Å². The molecule has 0 unspecified atom stereocenters. The number of nitro groups is 1. The Labute approximate surface area is 225 Å². The fourth-order valence-corrected chi connectivity index (χ4v) is 4.60. The minimum atomic E-state index is -0.470. The summed E-state index contributed by atoms with van der Waals surface area (Å²) in [5.41, 5.74) is 1.76. The third kappa shape index (κ3) is 5.93. The molecular weight excluding hydrogens is 549 g/mol. The number of non-ortho nitro benzene ring substituents is 1. The van der Waals surface area contributed by atoms with Gasteiger partial charge in [-0.05, 0) is 65.4 Å². The van der Waals surface area contributed by atoms with Crippen molar-refractivity contribution in [1.29, 1.82) is 0 Å². The standard InChI is InChI=1S/C24H16Cl3N3O5S/c1-34-19-10-14(9-17(26)22(19)35-12-13-5-7-15(8-6-13)30(32)33)11-20-23(31)29-24(36-20)28-18-4-2-3-16(25)21(18)27/h2-11H,12H2,1H3,(H,28,29,31)/b20-11+. The maximum absolute atomic E-state index is 12.5. The van der Waals surface area contributed by atoms with Crippen molar-refractivity contribution in [3.8, 4) is 11.5 Å². The Kier molecular flexibility index (Phi) is 8.05. The average molecular weight is 565 g/mol. The van der Waals surface area contributed by atoms with Crippen molar-refractivity contribution < 1.29 is 19.2 Å². The molecule has 1 fully saturated rings. The molecule has 0 aliphatic carbocycles. The number of ether oxygens (including phenoxy) is 2. The third-order valence-electron chi connectivity index (χ3n) is 4.88. The Morgan fingerprint density at radius 1 is 1.11 bits per heavy atom. The van der Waals surface area contributed by atoms with Crippen molar-refractivity contribution in [2.75, 3.05) is 7.11 Å². The van der Waals surface area contributed by atoms with Gasteiger partial charge in [-0.3, -0.25) is 14.9 Å². The van der Waals surface area contributed by atoms with Crippen molar-refractivity contribution in [2.45, 2.75) is 6.61 Å². The second-order valence-corrected chi connectivity index (χ2v) is 9.52. The molecule has 0 saturated carbocycles. The predicted octanol–water partition coefficient (Wildman–Crippen LogP) is 7.03. The van der Waals surface area contributed by atoms with Crippen LogP contribution in [0.1, 0.15) is 11.1 Å². The molecule has 1 N–H and O–H groups in total. The van der Waals surface area contributed by atoms with E-state index in [0.717, 1.165) is 17.3 Å². The number of carbonyl (C=O) groups is 1. The van der Waals surface area contributed by atoms with Crippen LogP contribution in [0.15, 0.2) is 64.5 Å². The van der Waals surface area contributed by atoms with Gasteiger partial charge in [-0.15, -0.1) is 0 Å². The summed E-state index contributed by atoms with van der Waals surface area (Å²) in [4.78, 5) is 27.6. The number of methoxy groups -OCH3 is 1. The zero-order valence-corrected chi connectivity index (χ0v) is 21.5. The summed E-state index contributed by atoms with van der Waals surface area (Å²) >= 11 is 19.8. The molecule has 1 heterocycles. The first-order valence-electron chi connectivity index (χ1n) is 10.2. The topological polar surface area (TPSA) is 103 Å². The number of halogens is 3. The van der Waals surface area contributed by atoms with Crippen LogP contribution in [0.2, 0.25) is 15.1 Å². The van der Waals surface area contributed by atoms with Gasteiger partial charge in [-0.25, -0.2) is 4.99 Å². The normalized spacial score (nSPS) is 15.3. The van der Waals surface area contributed by atoms with E-state index in [-0.39, 0.29) is 23.2 Å². The SMILES string of the molecule is COc1cc(/C=C2/SC(=Nc3cccc(Cl)c3Cl)NC2=O)cc(Cl)c1OCc1ccc([N+](=O)[O-])cc1. The number of thioether (sulfide) groups is 1. The third-order valence-corrected chi connectivity index (χ3v) is 6.88. The highest BCUT2D eigenvalue weighted by molar-refractivity contribution is 8.18. The molecular formula is C24H16Cl3N3O5S. The van der Waals surface area contributed by atoms with Crippen molar-refractivity contribution in [1.82, 2.24) is 5.32 Å². The first-order chi connectivity index (χ1) is 17.2. The highest BCUT2D eigenvalue weighted by Gasteiger charge is 2.25. The van der Waals surface area contributed by atoms with Crippen molar-refractivity contribution in [3.63, 3.8) is 0 Å². The van der Waals surface area contributed by atoms with Crippen LogP contribution in [0, 0.1) is 10.1 Å². The van der Waals surface area contributed by atoms with Crippen LogP contribution in [0.3, 0.4) is 0 Å². The van der Waals surface area contributed by atoms with E-state index in [1.54, 1.807) is 48.5 Å². The second-order valence-electron chi connectivity index (χ2n) is 7.30. The van der Waals surface area contributed by atoms with Crippen molar-refractivity contribution in [2.24, 2.45) is 4.99 Å². The number of nitrogens with zero attached hydrogens (tertiary/aromatic N) is 2. The first kappa shape index (κ1) is 25.8. The molecule has 0 radical (unpaired) electrons. The van der Waals surface area contributed by atoms with E-state index in [9.17, 15) is 14.9 Å². The average Bonchev–Trinajstić information content (AvgIpc) is 3.19. The summed E-state index contributed by atoms with van der Waals surface area (Å²) < 4.78 is 11.3. The van der Waals surface area contributed by atoms with Gasteiger partial charge in [0.15, 0.2) is 16.7 Å². The van der Waals surface area contributed by atoms with Gasteiger partial charge in [0.25, 0.3) is 11.6 Å². The van der Waals surface area contributed by atoms with E-state index < -0.39 is 4.92 Å². The molecule has 0 spiro atoms. The maximum atomic E-state index is 12.5. The van der Waals surface area contributed by atoms with Crippen LogP contribution in [0.4, 0.5) is 11.4 Å². The van der Waals surface area contributed by atoms with Crippen molar-refractivity contribution >= 4 is 75.1 Å². The largest absolute Gasteiger partial charge is 0.493 e.